The Morgan fingerprint density at radius 2 is 1.61 bits per heavy atom. The zero-order chi connectivity index (χ0) is 19.8. The summed E-state index contributed by atoms with van der Waals surface area (Å²) in [5.41, 5.74) is 1.42. The number of carbonyl (C=O) groups is 2. The summed E-state index contributed by atoms with van der Waals surface area (Å²) >= 11 is 17.9. The molecule has 3 aromatic rings. The van der Waals surface area contributed by atoms with Gasteiger partial charge in [-0.1, -0.05) is 34.8 Å². The molecule has 8 heteroatoms. The standard InChI is InChI=1S/C20H11Cl3N2O3/c21-10-1-4-13(15(23)7-10)19(26)24-12-3-6-17-14(9-12)20(27)25-16-8-11(22)2-5-18(16)28-17/h1-9H,(H,24,26)(H,25,27). The minimum Gasteiger partial charge on any atom is -0.454 e. The summed E-state index contributed by atoms with van der Waals surface area (Å²) in [6.45, 7) is 0. The second-order valence-electron chi connectivity index (χ2n) is 5.99. The molecule has 2 amide bonds. The zero-order valence-corrected chi connectivity index (χ0v) is 16.3. The molecule has 3 aromatic carbocycles. The Kier molecular flexibility index (Phi) is 4.89. The van der Waals surface area contributed by atoms with Gasteiger partial charge in [0.15, 0.2) is 5.75 Å². The van der Waals surface area contributed by atoms with Crippen LogP contribution in [0.4, 0.5) is 11.4 Å². The second-order valence-corrected chi connectivity index (χ2v) is 7.27. The van der Waals surface area contributed by atoms with E-state index in [1.165, 1.54) is 18.2 Å². The molecule has 1 aliphatic heterocycles. The van der Waals surface area contributed by atoms with Crippen LogP contribution in [0.5, 0.6) is 11.5 Å². The van der Waals surface area contributed by atoms with Crippen LogP contribution in [0.25, 0.3) is 0 Å². The average Bonchev–Trinajstić information content (AvgIpc) is 2.77. The van der Waals surface area contributed by atoms with E-state index in [9.17, 15) is 9.59 Å². The van der Waals surface area contributed by atoms with Gasteiger partial charge in [-0.15, -0.1) is 0 Å². The molecule has 0 aliphatic carbocycles. The molecule has 0 spiro atoms. The van der Waals surface area contributed by atoms with E-state index >= 15 is 0 Å². The molecular formula is C20H11Cl3N2O3. The zero-order valence-electron chi connectivity index (χ0n) is 14.1. The summed E-state index contributed by atoms with van der Waals surface area (Å²) in [7, 11) is 0. The van der Waals surface area contributed by atoms with Gasteiger partial charge in [0.25, 0.3) is 11.8 Å². The van der Waals surface area contributed by atoms with Crippen LogP contribution >= 0.6 is 34.8 Å². The van der Waals surface area contributed by atoms with Crippen LogP contribution in [0.2, 0.25) is 15.1 Å². The Bertz CT molecular complexity index is 1130. The van der Waals surface area contributed by atoms with Gasteiger partial charge in [-0.25, -0.2) is 0 Å². The van der Waals surface area contributed by atoms with Gasteiger partial charge in [0.2, 0.25) is 0 Å². The SMILES string of the molecule is O=C(Nc1ccc2c(c1)C(=O)Nc1cc(Cl)ccc1O2)c1ccc(Cl)cc1Cl. The lowest BCUT2D eigenvalue weighted by Crippen LogP contribution is -2.14. The maximum absolute atomic E-state index is 12.6. The molecule has 0 aromatic heterocycles. The van der Waals surface area contributed by atoms with Gasteiger partial charge < -0.3 is 15.4 Å². The number of rotatable bonds is 2. The third-order valence-electron chi connectivity index (χ3n) is 4.07. The fourth-order valence-electron chi connectivity index (χ4n) is 2.74. The molecule has 2 N–H and O–H groups in total. The number of benzene rings is 3. The van der Waals surface area contributed by atoms with Crippen molar-refractivity contribution in [1.82, 2.24) is 0 Å². The first kappa shape index (κ1) is 18.6. The number of carbonyl (C=O) groups excluding carboxylic acids is 2. The smallest absolute Gasteiger partial charge is 0.259 e. The fourth-order valence-corrected chi connectivity index (χ4v) is 3.41. The molecule has 0 bridgehead atoms. The third-order valence-corrected chi connectivity index (χ3v) is 4.85. The number of halogens is 3. The number of amides is 2. The second kappa shape index (κ2) is 7.36. The highest BCUT2D eigenvalue weighted by molar-refractivity contribution is 6.37. The first-order valence-electron chi connectivity index (χ1n) is 8.10. The van der Waals surface area contributed by atoms with Gasteiger partial charge in [-0.3, -0.25) is 9.59 Å². The quantitative estimate of drug-likeness (QED) is 0.501. The number of fused-ring (bicyclic) bond motifs is 2. The van der Waals surface area contributed by atoms with Crippen molar-refractivity contribution in [2.45, 2.75) is 0 Å². The van der Waals surface area contributed by atoms with Gasteiger partial charge in [-0.05, 0) is 54.6 Å². The van der Waals surface area contributed by atoms with E-state index in [4.69, 9.17) is 39.5 Å². The van der Waals surface area contributed by atoms with Crippen LogP contribution in [0, 0.1) is 0 Å². The van der Waals surface area contributed by atoms with E-state index in [1.807, 2.05) is 0 Å². The molecule has 0 atom stereocenters. The lowest BCUT2D eigenvalue weighted by molar-refractivity contribution is 0.101. The lowest BCUT2D eigenvalue weighted by atomic mass is 10.1. The average molecular weight is 434 g/mol. The van der Waals surface area contributed by atoms with Crippen molar-refractivity contribution in [2.75, 3.05) is 10.6 Å². The highest BCUT2D eigenvalue weighted by atomic mass is 35.5. The number of nitrogens with one attached hydrogen (secondary N) is 2. The molecule has 0 saturated carbocycles. The molecule has 5 nitrogen and oxygen atoms in total. The Morgan fingerprint density at radius 1 is 0.893 bits per heavy atom. The molecule has 0 unspecified atom stereocenters. The molecule has 1 heterocycles. The fraction of sp³-hybridized carbons (Fsp3) is 0. The Labute approximate surface area is 175 Å². The van der Waals surface area contributed by atoms with Crippen molar-refractivity contribution in [3.63, 3.8) is 0 Å². The topological polar surface area (TPSA) is 67.4 Å². The van der Waals surface area contributed by atoms with E-state index < -0.39 is 5.91 Å². The summed E-state index contributed by atoms with van der Waals surface area (Å²) < 4.78 is 5.81. The van der Waals surface area contributed by atoms with Crippen LogP contribution < -0.4 is 15.4 Å². The molecule has 0 radical (unpaired) electrons. The number of hydrogen-bond acceptors (Lipinski definition) is 3. The van der Waals surface area contributed by atoms with Crippen LogP contribution in [0.1, 0.15) is 20.7 Å². The normalized spacial score (nSPS) is 12.2. The molecule has 0 fully saturated rings. The van der Waals surface area contributed by atoms with Crippen molar-refractivity contribution in [1.29, 1.82) is 0 Å². The van der Waals surface area contributed by atoms with Gasteiger partial charge in [-0.2, -0.15) is 0 Å². The Balaban J connectivity index is 1.63. The highest BCUT2D eigenvalue weighted by Crippen LogP contribution is 2.38. The van der Waals surface area contributed by atoms with Crippen molar-refractivity contribution >= 4 is 58.0 Å². The number of hydrogen-bond donors (Lipinski definition) is 2. The highest BCUT2D eigenvalue weighted by Gasteiger charge is 2.22. The van der Waals surface area contributed by atoms with Gasteiger partial charge in [0.1, 0.15) is 5.75 Å². The first-order chi connectivity index (χ1) is 13.4. The van der Waals surface area contributed by atoms with Crippen LogP contribution in [-0.4, -0.2) is 11.8 Å². The summed E-state index contributed by atoms with van der Waals surface area (Å²) in [5.74, 6) is 0.0330. The molecule has 1 aliphatic rings. The lowest BCUT2D eigenvalue weighted by Gasteiger charge is -2.10. The summed E-state index contributed by atoms with van der Waals surface area (Å²) in [5, 5.41) is 6.60. The van der Waals surface area contributed by atoms with E-state index in [1.54, 1.807) is 36.4 Å². The largest absolute Gasteiger partial charge is 0.454 e. The van der Waals surface area contributed by atoms with Crippen LogP contribution in [0.15, 0.2) is 54.6 Å². The molecule has 4 rings (SSSR count). The predicted octanol–water partition coefficient (Wildman–Crippen LogP) is 6.26. The molecular weight excluding hydrogens is 423 g/mol. The minimum atomic E-state index is -0.424. The molecule has 140 valence electrons. The molecule has 0 saturated heterocycles. The van der Waals surface area contributed by atoms with E-state index in [0.717, 1.165) is 0 Å². The summed E-state index contributed by atoms with van der Waals surface area (Å²) in [6.07, 6.45) is 0. The Hall–Kier alpha value is -2.73. The van der Waals surface area contributed by atoms with E-state index in [2.05, 4.69) is 10.6 Å². The van der Waals surface area contributed by atoms with E-state index in [-0.39, 0.29) is 22.1 Å². The van der Waals surface area contributed by atoms with Gasteiger partial charge >= 0.3 is 0 Å². The van der Waals surface area contributed by atoms with Gasteiger partial charge in [0, 0.05) is 15.7 Å². The van der Waals surface area contributed by atoms with Crippen molar-refractivity contribution in [3.05, 3.63) is 80.8 Å². The first-order valence-corrected chi connectivity index (χ1v) is 9.23. The predicted molar refractivity (Wildman–Crippen MR) is 110 cm³/mol. The maximum atomic E-state index is 12.6. The minimum absolute atomic E-state index is 0.230. The number of ether oxygens (including phenoxy) is 1. The monoisotopic (exact) mass is 432 g/mol. The van der Waals surface area contributed by atoms with Crippen LogP contribution in [0.3, 0.4) is 0 Å². The van der Waals surface area contributed by atoms with Gasteiger partial charge in [0.05, 0.1) is 21.8 Å². The molecule has 28 heavy (non-hydrogen) atoms. The summed E-state index contributed by atoms with van der Waals surface area (Å²) in [6, 6.07) is 14.3. The van der Waals surface area contributed by atoms with Crippen molar-refractivity contribution < 1.29 is 14.3 Å². The number of anilines is 2. The van der Waals surface area contributed by atoms with E-state index in [0.29, 0.717) is 32.9 Å². The van der Waals surface area contributed by atoms with Crippen LogP contribution in [-0.2, 0) is 0 Å². The van der Waals surface area contributed by atoms with Crippen molar-refractivity contribution in [3.8, 4) is 11.5 Å². The van der Waals surface area contributed by atoms with Crippen molar-refractivity contribution in [2.24, 2.45) is 0 Å². The maximum Gasteiger partial charge on any atom is 0.259 e. The summed E-state index contributed by atoms with van der Waals surface area (Å²) in [4.78, 5) is 25.1. The third kappa shape index (κ3) is 3.64. The Morgan fingerprint density at radius 3 is 2.39 bits per heavy atom.